The number of carbonyl (C=O) groups is 2. The Hall–Kier alpha value is -3.48. The van der Waals surface area contributed by atoms with Gasteiger partial charge in [0.25, 0.3) is 11.7 Å². The largest absolute Gasteiger partial charge is 0.507 e. The Morgan fingerprint density at radius 2 is 1.88 bits per heavy atom. The molecule has 7 heteroatoms. The number of carbonyl (C=O) groups excluding carboxylic acids is 2. The summed E-state index contributed by atoms with van der Waals surface area (Å²) < 4.78 is 11.4. The van der Waals surface area contributed by atoms with Crippen LogP contribution in [0.3, 0.4) is 0 Å². The fourth-order valence-electron chi connectivity index (χ4n) is 4.41. The number of fused-ring (bicyclic) bond motifs is 1. The normalized spacial score (nSPS) is 19.2. The summed E-state index contributed by atoms with van der Waals surface area (Å²) in [7, 11) is 1.96. The second-order valence-electron chi connectivity index (χ2n) is 8.72. The van der Waals surface area contributed by atoms with Crippen molar-refractivity contribution in [1.82, 2.24) is 4.90 Å². The lowest BCUT2D eigenvalue weighted by molar-refractivity contribution is -0.139. The van der Waals surface area contributed by atoms with Crippen molar-refractivity contribution in [3.05, 3.63) is 59.2 Å². The van der Waals surface area contributed by atoms with Gasteiger partial charge in [0.1, 0.15) is 23.9 Å². The summed E-state index contributed by atoms with van der Waals surface area (Å²) in [4.78, 5) is 29.8. The molecule has 0 saturated carbocycles. The lowest BCUT2D eigenvalue weighted by Crippen LogP contribution is -2.30. The van der Waals surface area contributed by atoms with Gasteiger partial charge in [0.15, 0.2) is 0 Å². The summed E-state index contributed by atoms with van der Waals surface area (Å²) in [6.45, 7) is 6.46. The fraction of sp³-hybridized carbons (Fsp3) is 0.407. The second kappa shape index (κ2) is 10.2. The quantitative estimate of drug-likeness (QED) is 0.351. The molecule has 0 aromatic heterocycles. The Morgan fingerprint density at radius 3 is 2.59 bits per heavy atom. The number of ketones is 1. The predicted octanol–water partition coefficient (Wildman–Crippen LogP) is 4.53. The van der Waals surface area contributed by atoms with Gasteiger partial charge in [-0.15, -0.1) is 0 Å². The minimum Gasteiger partial charge on any atom is -0.507 e. The summed E-state index contributed by atoms with van der Waals surface area (Å²) in [5, 5.41) is 11.3. The maximum absolute atomic E-state index is 13.2. The summed E-state index contributed by atoms with van der Waals surface area (Å²) in [6, 6.07) is 12.1. The molecule has 1 unspecified atom stereocenters. The van der Waals surface area contributed by atoms with E-state index in [4.69, 9.17) is 9.47 Å². The van der Waals surface area contributed by atoms with Crippen LogP contribution in [-0.4, -0.2) is 55.0 Å². The number of amides is 1. The molecule has 2 heterocycles. The summed E-state index contributed by atoms with van der Waals surface area (Å²) in [5.74, 6) is 0.0501. The molecule has 2 aromatic rings. The molecule has 4 rings (SSSR count). The first-order valence-corrected chi connectivity index (χ1v) is 12.0. The van der Waals surface area contributed by atoms with Gasteiger partial charge in [-0.25, -0.2) is 0 Å². The molecule has 7 nitrogen and oxygen atoms in total. The highest BCUT2D eigenvalue weighted by molar-refractivity contribution is 6.46. The van der Waals surface area contributed by atoms with Crippen molar-refractivity contribution in [3.63, 3.8) is 0 Å². The zero-order valence-electron chi connectivity index (χ0n) is 20.0. The van der Waals surface area contributed by atoms with Gasteiger partial charge in [0.2, 0.25) is 0 Å². The Balaban J connectivity index is 1.78. The number of likely N-dealkylation sites (tertiary alicyclic amines) is 1. The third-order valence-electron chi connectivity index (χ3n) is 6.29. The molecule has 0 radical (unpaired) electrons. The maximum Gasteiger partial charge on any atom is 0.295 e. The number of hydrogen-bond acceptors (Lipinski definition) is 6. The van der Waals surface area contributed by atoms with E-state index in [1.54, 1.807) is 17.0 Å². The minimum atomic E-state index is -0.660. The zero-order valence-corrected chi connectivity index (χ0v) is 20.0. The molecule has 1 fully saturated rings. The number of unbranched alkanes of at least 4 members (excludes halogenated alkanes) is 1. The van der Waals surface area contributed by atoms with Crippen LogP contribution in [0.2, 0.25) is 0 Å². The van der Waals surface area contributed by atoms with Crippen LogP contribution >= 0.6 is 0 Å². The Kier molecular flexibility index (Phi) is 7.10. The standard InChI is InChI=1S/C27H32N2O5/c1-4-6-13-29-24(18-7-10-20(11-8-18)33-15-5-2)23(26(31)27(29)32)25(30)19-9-12-22-21(17-19)28(3)14-16-34-22/h7-12,17,24,30H,4-6,13-16H2,1-3H3/b25-23-. The van der Waals surface area contributed by atoms with Crippen LogP contribution in [0, 0.1) is 0 Å². The van der Waals surface area contributed by atoms with E-state index in [0.717, 1.165) is 48.6 Å². The molecular weight excluding hydrogens is 432 g/mol. The zero-order chi connectivity index (χ0) is 24.2. The molecule has 0 spiro atoms. The number of likely N-dealkylation sites (N-methyl/N-ethyl adjacent to an activating group) is 1. The topological polar surface area (TPSA) is 79.3 Å². The first kappa shape index (κ1) is 23.7. The first-order valence-electron chi connectivity index (χ1n) is 12.0. The van der Waals surface area contributed by atoms with Crippen LogP contribution in [-0.2, 0) is 9.59 Å². The van der Waals surface area contributed by atoms with Crippen LogP contribution in [0.5, 0.6) is 11.5 Å². The maximum atomic E-state index is 13.2. The van der Waals surface area contributed by atoms with Crippen molar-refractivity contribution in [2.75, 3.05) is 38.3 Å². The molecule has 1 atom stereocenters. The van der Waals surface area contributed by atoms with E-state index in [2.05, 4.69) is 0 Å². The van der Waals surface area contributed by atoms with Crippen molar-refractivity contribution >= 4 is 23.1 Å². The van der Waals surface area contributed by atoms with Crippen molar-refractivity contribution in [3.8, 4) is 11.5 Å². The first-order chi connectivity index (χ1) is 16.5. The van der Waals surface area contributed by atoms with Crippen LogP contribution in [0.25, 0.3) is 5.76 Å². The number of nitrogens with zero attached hydrogens (tertiary/aromatic N) is 2. The number of aliphatic hydroxyl groups excluding tert-OH is 1. The van der Waals surface area contributed by atoms with Gasteiger partial charge in [0.05, 0.1) is 30.5 Å². The lowest BCUT2D eigenvalue weighted by atomic mass is 9.95. The van der Waals surface area contributed by atoms with Crippen LogP contribution in [0.4, 0.5) is 5.69 Å². The van der Waals surface area contributed by atoms with E-state index >= 15 is 0 Å². The van der Waals surface area contributed by atoms with Crippen molar-refractivity contribution in [2.24, 2.45) is 0 Å². The van der Waals surface area contributed by atoms with Crippen molar-refractivity contribution in [2.45, 2.75) is 39.2 Å². The van der Waals surface area contributed by atoms with Crippen molar-refractivity contribution < 1.29 is 24.2 Å². The Morgan fingerprint density at radius 1 is 1.12 bits per heavy atom. The van der Waals surface area contributed by atoms with Gasteiger partial charge in [-0.05, 0) is 48.7 Å². The minimum absolute atomic E-state index is 0.114. The molecule has 2 aliphatic heterocycles. The Labute approximate surface area is 200 Å². The number of ether oxygens (including phenoxy) is 2. The second-order valence-corrected chi connectivity index (χ2v) is 8.72. The highest BCUT2D eigenvalue weighted by atomic mass is 16.5. The van der Waals surface area contributed by atoms with Gasteiger partial charge in [-0.1, -0.05) is 32.4 Å². The number of aliphatic hydroxyl groups is 1. The molecule has 0 aliphatic carbocycles. The number of benzene rings is 2. The SMILES string of the molecule is CCCCN1C(=O)C(=O)/C(=C(\O)c2ccc3c(c2)N(C)CCO3)C1c1ccc(OCCC)cc1. The summed E-state index contributed by atoms with van der Waals surface area (Å²) >= 11 is 0. The van der Waals surface area contributed by atoms with E-state index in [1.165, 1.54) is 0 Å². The van der Waals surface area contributed by atoms with Crippen LogP contribution in [0.1, 0.15) is 50.3 Å². The van der Waals surface area contributed by atoms with Gasteiger partial charge in [-0.2, -0.15) is 0 Å². The van der Waals surface area contributed by atoms with E-state index in [9.17, 15) is 14.7 Å². The number of rotatable bonds is 8. The van der Waals surface area contributed by atoms with Crippen LogP contribution < -0.4 is 14.4 Å². The number of hydrogen-bond donors (Lipinski definition) is 1. The van der Waals surface area contributed by atoms with Gasteiger partial charge >= 0.3 is 0 Å². The smallest absolute Gasteiger partial charge is 0.295 e. The number of Topliss-reactive ketones (excluding diaryl/α,β-unsaturated/α-hetero) is 1. The summed E-state index contributed by atoms with van der Waals surface area (Å²) in [5.41, 5.74) is 2.20. The van der Waals surface area contributed by atoms with Gasteiger partial charge < -0.3 is 24.4 Å². The molecular formula is C27H32N2O5. The van der Waals surface area contributed by atoms with Crippen LogP contribution in [0.15, 0.2) is 48.0 Å². The molecule has 1 amide bonds. The van der Waals surface area contributed by atoms with Gasteiger partial charge in [0, 0.05) is 19.2 Å². The van der Waals surface area contributed by atoms with Gasteiger partial charge in [-0.3, -0.25) is 9.59 Å². The Bertz CT molecular complexity index is 1090. The monoisotopic (exact) mass is 464 g/mol. The molecule has 1 saturated heterocycles. The average molecular weight is 465 g/mol. The molecule has 1 N–H and O–H groups in total. The van der Waals surface area contributed by atoms with Crippen molar-refractivity contribution in [1.29, 1.82) is 0 Å². The summed E-state index contributed by atoms with van der Waals surface area (Å²) in [6.07, 6.45) is 2.55. The molecule has 34 heavy (non-hydrogen) atoms. The molecule has 0 bridgehead atoms. The highest BCUT2D eigenvalue weighted by Crippen LogP contribution is 2.41. The molecule has 2 aromatic carbocycles. The van der Waals surface area contributed by atoms with E-state index in [1.807, 2.05) is 56.1 Å². The average Bonchev–Trinajstić information content (AvgIpc) is 3.11. The number of anilines is 1. The molecule has 2 aliphatic rings. The molecule has 180 valence electrons. The van der Waals surface area contributed by atoms with E-state index in [-0.39, 0.29) is 11.3 Å². The lowest BCUT2D eigenvalue weighted by Gasteiger charge is -2.28. The third-order valence-corrected chi connectivity index (χ3v) is 6.29. The van der Waals surface area contributed by atoms with E-state index in [0.29, 0.717) is 25.3 Å². The third kappa shape index (κ3) is 4.47. The van der Waals surface area contributed by atoms with E-state index < -0.39 is 17.7 Å². The predicted molar refractivity (Wildman–Crippen MR) is 131 cm³/mol. The fourth-order valence-corrected chi connectivity index (χ4v) is 4.41. The highest BCUT2D eigenvalue weighted by Gasteiger charge is 2.45.